The number of hydrogen-bond donors (Lipinski definition) is 1. The number of nitrogens with one attached hydrogen (secondary N) is 1. The highest BCUT2D eigenvalue weighted by Gasteiger charge is 2.22. The minimum absolute atomic E-state index is 0.119. The Morgan fingerprint density at radius 3 is 2.95 bits per heavy atom. The fraction of sp³-hybridized carbons (Fsp3) is 0.333. The molecule has 1 aliphatic carbocycles. The number of fused-ring (bicyclic) bond motifs is 1. The number of carbonyl (C=O) groups is 2. The van der Waals surface area contributed by atoms with E-state index in [4.69, 9.17) is 0 Å². The van der Waals surface area contributed by atoms with Crippen molar-refractivity contribution in [3.63, 3.8) is 0 Å². The fourth-order valence-corrected chi connectivity index (χ4v) is 2.24. The second-order valence-electron chi connectivity index (χ2n) is 5.04. The van der Waals surface area contributed by atoms with Gasteiger partial charge in [0.25, 0.3) is 0 Å². The molecule has 1 fully saturated rings. The number of rotatable bonds is 5. The number of hydrogen-bond acceptors (Lipinski definition) is 2. The lowest BCUT2D eigenvalue weighted by atomic mass is 10.2. The second-order valence-corrected chi connectivity index (χ2v) is 5.04. The van der Waals surface area contributed by atoms with Gasteiger partial charge in [-0.25, -0.2) is 0 Å². The van der Waals surface area contributed by atoms with Crippen molar-refractivity contribution in [1.29, 1.82) is 0 Å². The number of nitrogens with zero attached hydrogens (tertiary/aromatic N) is 1. The quantitative estimate of drug-likeness (QED) is 0.833. The number of aldehydes is 1. The molecule has 4 nitrogen and oxygen atoms in total. The topological polar surface area (TPSA) is 51.1 Å². The largest absolute Gasteiger partial charge is 0.353 e. The highest BCUT2D eigenvalue weighted by molar-refractivity contribution is 5.87. The Balaban J connectivity index is 1.70. The van der Waals surface area contributed by atoms with Crippen LogP contribution in [0.5, 0.6) is 0 Å². The normalized spacial score (nSPS) is 14.5. The summed E-state index contributed by atoms with van der Waals surface area (Å²) in [7, 11) is 0. The summed E-state index contributed by atoms with van der Waals surface area (Å²) >= 11 is 0. The van der Waals surface area contributed by atoms with Gasteiger partial charge in [0.2, 0.25) is 5.91 Å². The van der Waals surface area contributed by atoms with Crippen LogP contribution >= 0.6 is 0 Å². The van der Waals surface area contributed by atoms with Crippen LogP contribution in [0.15, 0.2) is 30.5 Å². The van der Waals surface area contributed by atoms with Gasteiger partial charge in [-0.1, -0.05) is 0 Å². The monoisotopic (exact) mass is 256 g/mol. The van der Waals surface area contributed by atoms with Crippen molar-refractivity contribution in [1.82, 2.24) is 9.88 Å². The van der Waals surface area contributed by atoms with E-state index in [2.05, 4.69) is 9.88 Å². The summed E-state index contributed by atoms with van der Waals surface area (Å²) < 4.78 is 2.05. The first-order valence-electron chi connectivity index (χ1n) is 6.60. The minimum Gasteiger partial charge on any atom is -0.353 e. The number of aryl methyl sites for hydroxylation is 1. The molecule has 0 aliphatic heterocycles. The van der Waals surface area contributed by atoms with Gasteiger partial charge in [0.15, 0.2) is 0 Å². The summed E-state index contributed by atoms with van der Waals surface area (Å²) in [4.78, 5) is 22.4. The van der Waals surface area contributed by atoms with E-state index in [1.165, 1.54) is 0 Å². The zero-order valence-corrected chi connectivity index (χ0v) is 10.6. The maximum atomic E-state index is 11.7. The van der Waals surface area contributed by atoms with Gasteiger partial charge in [0, 0.05) is 41.7 Å². The number of aromatic nitrogens is 1. The Bertz CT molecular complexity index is 626. The third-order valence-corrected chi connectivity index (χ3v) is 3.45. The van der Waals surface area contributed by atoms with Gasteiger partial charge in [-0.05, 0) is 37.1 Å². The van der Waals surface area contributed by atoms with Gasteiger partial charge in [-0.3, -0.25) is 9.59 Å². The maximum absolute atomic E-state index is 11.7. The van der Waals surface area contributed by atoms with Crippen LogP contribution in [0.1, 0.15) is 29.6 Å². The van der Waals surface area contributed by atoms with Gasteiger partial charge in [0.1, 0.15) is 6.29 Å². The highest BCUT2D eigenvalue weighted by Crippen LogP contribution is 2.19. The van der Waals surface area contributed by atoms with Gasteiger partial charge in [0.05, 0.1) is 0 Å². The molecule has 1 aromatic heterocycles. The molecule has 0 spiro atoms. The standard InChI is InChI=1S/C15H16N2O2/c18-10-11-1-4-14-12(9-11)5-7-17(14)8-6-15(19)16-13-2-3-13/h1,4-5,7,9-10,13H,2-3,6,8H2,(H,16,19). The molecular formula is C15H16N2O2. The summed E-state index contributed by atoms with van der Waals surface area (Å²) in [5.41, 5.74) is 1.74. The van der Waals surface area contributed by atoms with Crippen LogP contribution < -0.4 is 5.32 Å². The molecule has 19 heavy (non-hydrogen) atoms. The Morgan fingerprint density at radius 1 is 1.37 bits per heavy atom. The molecule has 1 saturated carbocycles. The lowest BCUT2D eigenvalue weighted by Gasteiger charge is -2.06. The molecule has 0 bridgehead atoms. The van der Waals surface area contributed by atoms with Crippen molar-refractivity contribution in [3.05, 3.63) is 36.0 Å². The van der Waals surface area contributed by atoms with E-state index in [0.717, 1.165) is 30.0 Å². The van der Waals surface area contributed by atoms with E-state index in [-0.39, 0.29) is 5.91 Å². The fourth-order valence-electron chi connectivity index (χ4n) is 2.24. The molecule has 0 radical (unpaired) electrons. The van der Waals surface area contributed by atoms with Crippen LogP contribution in [0.3, 0.4) is 0 Å². The van der Waals surface area contributed by atoms with E-state index < -0.39 is 0 Å². The lowest BCUT2D eigenvalue weighted by molar-refractivity contribution is -0.121. The first kappa shape index (κ1) is 12.0. The Kier molecular flexibility index (Phi) is 3.07. The molecule has 1 aliphatic rings. The van der Waals surface area contributed by atoms with Crippen LogP contribution in [0, 0.1) is 0 Å². The van der Waals surface area contributed by atoms with E-state index in [9.17, 15) is 9.59 Å². The first-order valence-corrected chi connectivity index (χ1v) is 6.60. The van der Waals surface area contributed by atoms with Crippen molar-refractivity contribution < 1.29 is 9.59 Å². The van der Waals surface area contributed by atoms with Crippen molar-refractivity contribution in [2.45, 2.75) is 31.8 Å². The van der Waals surface area contributed by atoms with E-state index >= 15 is 0 Å². The van der Waals surface area contributed by atoms with Gasteiger partial charge >= 0.3 is 0 Å². The molecule has 0 atom stereocenters. The Morgan fingerprint density at radius 2 is 2.21 bits per heavy atom. The van der Waals surface area contributed by atoms with Crippen molar-refractivity contribution >= 4 is 23.1 Å². The molecule has 3 rings (SSSR count). The summed E-state index contributed by atoms with van der Waals surface area (Å²) in [6.45, 7) is 0.669. The smallest absolute Gasteiger partial charge is 0.222 e. The van der Waals surface area contributed by atoms with Gasteiger partial charge in [-0.15, -0.1) is 0 Å². The van der Waals surface area contributed by atoms with E-state index in [1.807, 2.05) is 24.4 Å². The summed E-state index contributed by atoms with van der Waals surface area (Å²) in [6.07, 6.45) is 5.54. The molecule has 4 heteroatoms. The number of amides is 1. The third kappa shape index (κ3) is 2.67. The molecule has 2 aromatic rings. The molecule has 0 unspecified atom stereocenters. The predicted octanol–water partition coefficient (Wildman–Crippen LogP) is 2.12. The minimum atomic E-state index is 0.119. The lowest BCUT2D eigenvalue weighted by Crippen LogP contribution is -2.26. The molecule has 1 amide bonds. The van der Waals surface area contributed by atoms with Crippen molar-refractivity contribution in [2.75, 3.05) is 0 Å². The second kappa shape index (κ2) is 4.88. The molecule has 1 aromatic carbocycles. The SMILES string of the molecule is O=Cc1ccc2c(ccn2CCC(=O)NC2CC2)c1. The van der Waals surface area contributed by atoms with Crippen LogP contribution in [0.25, 0.3) is 10.9 Å². The van der Waals surface area contributed by atoms with Crippen LogP contribution in [0.2, 0.25) is 0 Å². The molecule has 0 saturated heterocycles. The van der Waals surface area contributed by atoms with Crippen molar-refractivity contribution in [3.8, 4) is 0 Å². The van der Waals surface area contributed by atoms with Crippen molar-refractivity contribution in [2.24, 2.45) is 0 Å². The Hall–Kier alpha value is -2.10. The Labute approximate surface area is 111 Å². The highest BCUT2D eigenvalue weighted by atomic mass is 16.1. The number of benzene rings is 1. The van der Waals surface area contributed by atoms with Gasteiger partial charge < -0.3 is 9.88 Å². The summed E-state index contributed by atoms with van der Waals surface area (Å²) in [5.74, 6) is 0.119. The predicted molar refractivity (Wildman–Crippen MR) is 73.1 cm³/mol. The maximum Gasteiger partial charge on any atom is 0.222 e. The first-order chi connectivity index (χ1) is 9.26. The zero-order valence-electron chi connectivity index (χ0n) is 10.6. The van der Waals surface area contributed by atoms with E-state index in [1.54, 1.807) is 6.07 Å². The van der Waals surface area contributed by atoms with E-state index in [0.29, 0.717) is 24.6 Å². The molecule has 1 heterocycles. The molecular weight excluding hydrogens is 240 g/mol. The average Bonchev–Trinajstić information content (AvgIpc) is 3.14. The average molecular weight is 256 g/mol. The molecule has 1 N–H and O–H groups in total. The van der Waals surface area contributed by atoms with Crippen LogP contribution in [-0.2, 0) is 11.3 Å². The molecule has 98 valence electrons. The third-order valence-electron chi connectivity index (χ3n) is 3.45. The zero-order chi connectivity index (χ0) is 13.2. The summed E-state index contributed by atoms with van der Waals surface area (Å²) in [5, 5.41) is 4.02. The number of carbonyl (C=O) groups excluding carboxylic acids is 2. The summed E-state index contributed by atoms with van der Waals surface area (Å²) in [6, 6.07) is 7.99. The van der Waals surface area contributed by atoms with Crippen LogP contribution in [0.4, 0.5) is 0 Å². The van der Waals surface area contributed by atoms with Crippen LogP contribution in [-0.4, -0.2) is 22.8 Å². The van der Waals surface area contributed by atoms with Gasteiger partial charge in [-0.2, -0.15) is 0 Å².